The van der Waals surface area contributed by atoms with Gasteiger partial charge in [0.1, 0.15) is 4.83 Å². The minimum Gasteiger partial charge on any atom is -0.325 e. The highest BCUT2D eigenvalue weighted by molar-refractivity contribution is 7.16. The van der Waals surface area contributed by atoms with Gasteiger partial charge < -0.3 is 5.32 Å². The number of nitrogens with one attached hydrogen (secondary N) is 1. The van der Waals surface area contributed by atoms with Crippen LogP contribution in [-0.4, -0.2) is 30.2 Å². The molecule has 26 heavy (non-hydrogen) atoms. The predicted molar refractivity (Wildman–Crippen MR) is 100 cm³/mol. The molecular formula is C17H16N6O2S. The number of aryl methyl sites for hydroxylation is 3. The van der Waals surface area contributed by atoms with Crippen LogP contribution in [-0.2, 0) is 18.4 Å². The molecule has 1 amide bonds. The highest BCUT2D eigenvalue weighted by Gasteiger charge is 2.10. The Morgan fingerprint density at radius 3 is 3.00 bits per heavy atom. The number of hydrogen-bond donors (Lipinski definition) is 1. The first-order valence-electron chi connectivity index (χ1n) is 8.05. The van der Waals surface area contributed by atoms with Gasteiger partial charge in [-0.05, 0) is 24.4 Å². The smallest absolute Gasteiger partial charge is 0.262 e. The number of pyridine rings is 1. The highest BCUT2D eigenvalue weighted by Crippen LogP contribution is 2.19. The Morgan fingerprint density at radius 2 is 2.15 bits per heavy atom. The van der Waals surface area contributed by atoms with Crippen molar-refractivity contribution in [3.8, 4) is 0 Å². The van der Waals surface area contributed by atoms with Gasteiger partial charge in [0.2, 0.25) is 5.91 Å². The molecular weight excluding hydrogens is 352 g/mol. The summed E-state index contributed by atoms with van der Waals surface area (Å²) >= 11 is 1.42. The molecule has 0 saturated heterocycles. The van der Waals surface area contributed by atoms with E-state index in [1.54, 1.807) is 16.9 Å². The Bertz CT molecular complexity index is 1190. The average molecular weight is 368 g/mol. The third kappa shape index (κ3) is 2.86. The Balaban J connectivity index is 1.47. The maximum Gasteiger partial charge on any atom is 0.262 e. The van der Waals surface area contributed by atoms with Crippen LogP contribution >= 0.6 is 11.3 Å². The molecule has 0 atom stereocenters. The summed E-state index contributed by atoms with van der Waals surface area (Å²) in [5, 5.41) is 10.4. The van der Waals surface area contributed by atoms with E-state index in [9.17, 15) is 9.59 Å². The van der Waals surface area contributed by atoms with E-state index in [0.717, 1.165) is 16.7 Å². The molecule has 0 radical (unpaired) electrons. The Labute approximate surface area is 152 Å². The fraction of sp³-hybridized carbons (Fsp3) is 0.235. The molecule has 0 saturated carbocycles. The zero-order chi connectivity index (χ0) is 18.3. The molecule has 0 bridgehead atoms. The van der Waals surface area contributed by atoms with E-state index in [1.807, 2.05) is 25.4 Å². The second-order valence-electron chi connectivity index (χ2n) is 5.98. The lowest BCUT2D eigenvalue weighted by Gasteiger charge is -2.07. The van der Waals surface area contributed by atoms with Gasteiger partial charge in [0.05, 0.1) is 29.3 Å². The summed E-state index contributed by atoms with van der Waals surface area (Å²) in [4.78, 5) is 33.9. The molecule has 0 spiro atoms. The predicted octanol–water partition coefficient (Wildman–Crippen LogP) is 2.08. The van der Waals surface area contributed by atoms with Crippen LogP contribution in [0.2, 0.25) is 0 Å². The lowest BCUT2D eigenvalue weighted by atomic mass is 10.2. The van der Waals surface area contributed by atoms with Gasteiger partial charge in [0, 0.05) is 25.4 Å². The number of fused-ring (bicyclic) bond motifs is 2. The number of anilines is 1. The van der Waals surface area contributed by atoms with E-state index < -0.39 is 0 Å². The summed E-state index contributed by atoms with van der Waals surface area (Å²) in [5.74, 6) is -0.190. The van der Waals surface area contributed by atoms with Crippen LogP contribution in [0.5, 0.6) is 0 Å². The normalized spacial score (nSPS) is 11.3. The molecule has 4 rings (SSSR count). The molecule has 0 aromatic carbocycles. The molecule has 0 aliphatic heterocycles. The van der Waals surface area contributed by atoms with E-state index in [-0.39, 0.29) is 24.4 Å². The minimum absolute atomic E-state index is 0.127. The van der Waals surface area contributed by atoms with Crippen molar-refractivity contribution in [1.29, 1.82) is 0 Å². The van der Waals surface area contributed by atoms with Gasteiger partial charge in [-0.3, -0.25) is 18.8 Å². The molecule has 0 unspecified atom stereocenters. The second kappa shape index (κ2) is 6.34. The van der Waals surface area contributed by atoms with E-state index in [0.29, 0.717) is 15.9 Å². The number of aromatic nitrogens is 5. The van der Waals surface area contributed by atoms with Crippen molar-refractivity contribution >= 4 is 44.2 Å². The van der Waals surface area contributed by atoms with E-state index in [2.05, 4.69) is 20.4 Å². The monoisotopic (exact) mass is 368 g/mol. The maximum absolute atomic E-state index is 12.3. The highest BCUT2D eigenvalue weighted by atomic mass is 32.1. The number of thiophene rings is 1. The minimum atomic E-state index is -0.190. The number of hydrogen-bond acceptors (Lipinski definition) is 6. The molecule has 132 valence electrons. The van der Waals surface area contributed by atoms with E-state index in [4.69, 9.17) is 0 Å². The van der Waals surface area contributed by atoms with E-state index >= 15 is 0 Å². The van der Waals surface area contributed by atoms with Crippen molar-refractivity contribution in [1.82, 2.24) is 24.3 Å². The molecule has 0 fully saturated rings. The van der Waals surface area contributed by atoms with Crippen molar-refractivity contribution in [2.24, 2.45) is 7.05 Å². The van der Waals surface area contributed by atoms with Crippen LogP contribution in [0.3, 0.4) is 0 Å². The first kappa shape index (κ1) is 16.4. The lowest BCUT2D eigenvalue weighted by Crippen LogP contribution is -2.23. The third-order valence-electron chi connectivity index (χ3n) is 4.18. The Hall–Kier alpha value is -3.07. The molecule has 8 nitrogen and oxygen atoms in total. The molecule has 4 aromatic heterocycles. The fourth-order valence-electron chi connectivity index (χ4n) is 2.87. The Kier molecular flexibility index (Phi) is 4.00. The van der Waals surface area contributed by atoms with Crippen LogP contribution in [0, 0.1) is 6.92 Å². The standard InChI is InChI=1S/C17H16N6O2S/c1-10-13-7-11(8-18-15(13)22(2)21-10)20-14(24)3-5-23-9-19-16-12(17(23)25)4-6-26-16/h4,6-9H,3,5H2,1-2H3,(H,20,24). The summed E-state index contributed by atoms with van der Waals surface area (Å²) in [7, 11) is 1.83. The van der Waals surface area contributed by atoms with Crippen molar-refractivity contribution in [3.05, 3.63) is 46.1 Å². The molecule has 0 aliphatic carbocycles. The van der Waals surface area contributed by atoms with Crippen LogP contribution in [0.25, 0.3) is 21.3 Å². The van der Waals surface area contributed by atoms with Gasteiger partial charge in [-0.2, -0.15) is 5.10 Å². The van der Waals surface area contributed by atoms with Crippen LogP contribution < -0.4 is 10.9 Å². The van der Waals surface area contributed by atoms with Gasteiger partial charge in [-0.1, -0.05) is 0 Å². The number of carbonyl (C=O) groups is 1. The zero-order valence-electron chi connectivity index (χ0n) is 14.3. The fourth-order valence-corrected chi connectivity index (χ4v) is 3.60. The molecule has 0 aliphatic rings. The van der Waals surface area contributed by atoms with Crippen molar-refractivity contribution < 1.29 is 4.79 Å². The summed E-state index contributed by atoms with van der Waals surface area (Å²) in [6, 6.07) is 3.61. The number of rotatable bonds is 4. The molecule has 4 aromatic rings. The topological polar surface area (TPSA) is 94.7 Å². The van der Waals surface area contributed by atoms with Crippen molar-refractivity contribution in [2.75, 3.05) is 5.32 Å². The van der Waals surface area contributed by atoms with Gasteiger partial charge >= 0.3 is 0 Å². The Morgan fingerprint density at radius 1 is 1.31 bits per heavy atom. The number of amides is 1. The maximum atomic E-state index is 12.3. The van der Waals surface area contributed by atoms with Gasteiger partial charge in [-0.25, -0.2) is 9.97 Å². The first-order chi connectivity index (χ1) is 12.5. The zero-order valence-corrected chi connectivity index (χ0v) is 15.1. The quantitative estimate of drug-likeness (QED) is 0.595. The van der Waals surface area contributed by atoms with Gasteiger partial charge in [-0.15, -0.1) is 11.3 Å². The summed E-state index contributed by atoms with van der Waals surface area (Å²) in [5.41, 5.74) is 2.10. The van der Waals surface area contributed by atoms with Crippen LogP contribution in [0.4, 0.5) is 5.69 Å². The van der Waals surface area contributed by atoms with Crippen LogP contribution in [0.1, 0.15) is 12.1 Å². The molecule has 9 heteroatoms. The van der Waals surface area contributed by atoms with E-state index in [1.165, 1.54) is 22.2 Å². The summed E-state index contributed by atoms with van der Waals surface area (Å²) in [6.07, 6.45) is 3.26. The van der Waals surface area contributed by atoms with Gasteiger partial charge in [0.15, 0.2) is 5.65 Å². The SMILES string of the molecule is Cc1nn(C)c2ncc(NC(=O)CCn3cnc4sccc4c3=O)cc12. The number of carbonyl (C=O) groups excluding carboxylic acids is 1. The second-order valence-corrected chi connectivity index (χ2v) is 6.88. The first-order valence-corrected chi connectivity index (χ1v) is 8.93. The van der Waals surface area contributed by atoms with Gasteiger partial charge in [0.25, 0.3) is 5.56 Å². The average Bonchev–Trinajstić information content (AvgIpc) is 3.20. The molecule has 4 heterocycles. The third-order valence-corrected chi connectivity index (χ3v) is 5.00. The van der Waals surface area contributed by atoms with Crippen molar-refractivity contribution in [2.45, 2.75) is 19.9 Å². The largest absolute Gasteiger partial charge is 0.325 e. The molecule has 1 N–H and O–H groups in total. The van der Waals surface area contributed by atoms with Crippen LogP contribution in [0.15, 0.2) is 34.8 Å². The lowest BCUT2D eigenvalue weighted by molar-refractivity contribution is -0.116. The summed E-state index contributed by atoms with van der Waals surface area (Å²) < 4.78 is 3.16. The number of nitrogens with zero attached hydrogens (tertiary/aromatic N) is 5. The summed E-state index contributed by atoms with van der Waals surface area (Å²) in [6.45, 7) is 2.17. The van der Waals surface area contributed by atoms with Crippen molar-refractivity contribution in [3.63, 3.8) is 0 Å².